The van der Waals surface area contributed by atoms with Crippen molar-refractivity contribution in [3.63, 3.8) is 0 Å². The summed E-state index contributed by atoms with van der Waals surface area (Å²) in [5.41, 5.74) is 5.21. The molecule has 326 valence electrons. The lowest BCUT2D eigenvalue weighted by molar-refractivity contribution is -0.0491. The third kappa shape index (κ3) is 13.9. The van der Waals surface area contributed by atoms with E-state index in [9.17, 15) is 28.0 Å². The molecule has 20 heteroatoms. The zero-order valence-electron chi connectivity index (χ0n) is 34.8. The minimum absolute atomic E-state index is 0.00458. The zero-order valence-corrected chi connectivity index (χ0v) is 34.8. The largest absolute Gasteiger partial charge is 0.465 e. The number of nitrogens with two attached hydrogens (primary N) is 1. The number of carbonyl (C=O) groups is 4. The van der Waals surface area contributed by atoms with Crippen LogP contribution < -0.4 is 11.1 Å². The molecule has 0 atom stereocenters. The number of aromatic nitrogens is 2. The Morgan fingerprint density at radius 3 is 1.64 bits per heavy atom. The molecule has 0 aliphatic carbocycles. The van der Waals surface area contributed by atoms with Crippen LogP contribution in [0.1, 0.15) is 85.2 Å². The van der Waals surface area contributed by atoms with Gasteiger partial charge in [0.2, 0.25) is 0 Å². The first kappa shape index (κ1) is 45.8. The van der Waals surface area contributed by atoms with E-state index in [1.807, 2.05) is 51.3 Å². The lowest BCUT2D eigenvalue weighted by Gasteiger charge is -2.35. The number of anilines is 2. The first-order valence-corrected chi connectivity index (χ1v) is 20.0. The molecule has 0 radical (unpaired) electrons. The van der Waals surface area contributed by atoms with Gasteiger partial charge in [0, 0.05) is 121 Å². The van der Waals surface area contributed by atoms with Crippen LogP contribution >= 0.6 is 0 Å². The smallest absolute Gasteiger partial charge is 0.407 e. The van der Waals surface area contributed by atoms with Crippen LogP contribution in [0.2, 0.25) is 0 Å². The molecule has 2 aromatic heterocycles. The Labute approximate surface area is 338 Å². The van der Waals surface area contributed by atoms with Gasteiger partial charge < -0.3 is 54.0 Å². The third-order valence-corrected chi connectivity index (χ3v) is 10.1. The van der Waals surface area contributed by atoms with Gasteiger partial charge in [-0.25, -0.2) is 28.0 Å². The number of ether oxygens (including phenoxy) is 1. The number of urea groups is 3. The van der Waals surface area contributed by atoms with Gasteiger partial charge in [0.15, 0.2) is 11.6 Å². The number of alkyl halides is 2. The summed E-state index contributed by atoms with van der Waals surface area (Å²) < 4.78 is 41.8. The summed E-state index contributed by atoms with van der Waals surface area (Å²) in [5, 5.41) is 19.2. The molecule has 4 aliphatic heterocycles. The van der Waals surface area contributed by atoms with Crippen LogP contribution in [0.4, 0.5) is 39.6 Å². The van der Waals surface area contributed by atoms with E-state index in [1.165, 1.54) is 9.80 Å². The van der Waals surface area contributed by atoms with Crippen molar-refractivity contribution in [1.82, 2.24) is 39.7 Å². The van der Waals surface area contributed by atoms with Gasteiger partial charge in [0.1, 0.15) is 11.5 Å². The van der Waals surface area contributed by atoms with Gasteiger partial charge in [-0.05, 0) is 19.3 Å². The summed E-state index contributed by atoms with van der Waals surface area (Å²) in [6, 6.07) is 3.07. The second-order valence-electron chi connectivity index (χ2n) is 16.9. The maximum absolute atomic E-state index is 13.1. The zero-order chi connectivity index (χ0) is 42.7. The highest BCUT2D eigenvalue weighted by atomic mass is 19.3. The van der Waals surface area contributed by atoms with E-state index in [4.69, 9.17) is 24.6 Å². The highest BCUT2D eigenvalue weighted by molar-refractivity contribution is 5.88. The van der Waals surface area contributed by atoms with Crippen LogP contribution in [0.25, 0.3) is 0 Å². The number of hydrogen-bond acceptors (Lipinski definition) is 10. The van der Waals surface area contributed by atoms with Gasteiger partial charge in [-0.1, -0.05) is 51.9 Å². The maximum atomic E-state index is 13.1. The molecule has 6 rings (SSSR count). The molecule has 0 saturated carbocycles. The molecular weight excluding hydrogens is 762 g/mol. The highest BCUT2D eigenvalue weighted by Gasteiger charge is 2.37. The topological polar surface area (TPSA) is 207 Å². The summed E-state index contributed by atoms with van der Waals surface area (Å²) >= 11 is 0. The molecular formula is C38H62F2N10O8. The quantitative estimate of drug-likeness (QED) is 0.330. The molecule has 4 aliphatic rings. The first-order valence-electron chi connectivity index (χ1n) is 20.0. The van der Waals surface area contributed by atoms with E-state index in [0.717, 1.165) is 30.9 Å². The number of likely N-dealkylation sites (tertiary alicyclic amines) is 1. The molecule has 7 amide bonds. The van der Waals surface area contributed by atoms with Crippen LogP contribution in [0.5, 0.6) is 0 Å². The third-order valence-electron chi connectivity index (χ3n) is 10.1. The van der Waals surface area contributed by atoms with Crippen molar-refractivity contribution in [2.24, 2.45) is 0 Å². The highest BCUT2D eigenvalue weighted by Crippen LogP contribution is 2.28. The number of nitrogens with zero attached hydrogens (tertiary/aromatic N) is 8. The molecule has 58 heavy (non-hydrogen) atoms. The number of piperidine rings is 1. The predicted molar refractivity (Wildman–Crippen MR) is 211 cm³/mol. The molecule has 0 unspecified atom stereocenters. The second-order valence-corrected chi connectivity index (χ2v) is 16.9. The molecule has 2 aromatic rings. The van der Waals surface area contributed by atoms with E-state index in [0.29, 0.717) is 83.6 Å². The summed E-state index contributed by atoms with van der Waals surface area (Å²) in [5.74, 6) is -0.265. The Hall–Kier alpha value is -4.88. The fraction of sp³-hybridized carbons (Fsp3) is 0.737. The van der Waals surface area contributed by atoms with Crippen LogP contribution in [-0.4, -0.2) is 167 Å². The van der Waals surface area contributed by atoms with Crippen LogP contribution in [-0.2, 0) is 15.6 Å². The lowest BCUT2D eigenvalue weighted by atomic mass is 9.93. The summed E-state index contributed by atoms with van der Waals surface area (Å²) in [6.45, 7) is 18.7. The van der Waals surface area contributed by atoms with Crippen molar-refractivity contribution < 1.29 is 46.8 Å². The number of nitrogens with one attached hydrogen (secondary N) is 1. The molecule has 18 nitrogen and oxygen atoms in total. The van der Waals surface area contributed by atoms with Crippen LogP contribution in [0.15, 0.2) is 21.2 Å². The molecule has 0 bridgehead atoms. The summed E-state index contributed by atoms with van der Waals surface area (Å²) in [7, 11) is 0. The number of carboxylic acid groups (broad SMARTS) is 1. The Kier molecular flexibility index (Phi) is 16.0. The van der Waals surface area contributed by atoms with Crippen molar-refractivity contribution in [2.45, 2.75) is 90.4 Å². The van der Waals surface area contributed by atoms with Gasteiger partial charge in [-0.15, -0.1) is 0 Å². The molecule has 6 heterocycles. The van der Waals surface area contributed by atoms with Gasteiger partial charge >= 0.3 is 24.2 Å². The van der Waals surface area contributed by atoms with E-state index in [1.54, 1.807) is 21.9 Å². The minimum Gasteiger partial charge on any atom is -0.465 e. The van der Waals surface area contributed by atoms with Crippen molar-refractivity contribution in [2.75, 3.05) is 103 Å². The molecule has 4 fully saturated rings. The molecule has 4 saturated heterocycles. The number of carbonyl (C=O) groups excluding carboxylic acids is 3. The van der Waals surface area contributed by atoms with Crippen LogP contribution in [0.3, 0.4) is 0 Å². The van der Waals surface area contributed by atoms with E-state index in [-0.39, 0.29) is 61.4 Å². The number of nitrogen functional groups attached to an aromatic ring is 1. The predicted octanol–water partition coefficient (Wildman–Crippen LogP) is 5.43. The van der Waals surface area contributed by atoms with Crippen molar-refractivity contribution in [3.8, 4) is 0 Å². The standard InChI is InChI=1S/C19H31N5O4.C12H19F2N3O3.C7H12N2O/c1-19(2,3)15-14-16(21-28-15)20-17(25)22-6-4-7-23(10-9-22)18(26)24-8-5-12-27-13-11-24;13-12(14)2-6-16(7-3-12)10(18)15-4-1-5-17(9-8-15)11(19)20;1-7(2,3)5-4-6(8)9-10-5/h14H,4-13H2,1-3H3,(H,20,21,25);1-9H2,(H,19,20);4H,1-3H3,(H2,8,9). The fourth-order valence-electron chi connectivity index (χ4n) is 6.49. The van der Waals surface area contributed by atoms with E-state index in [2.05, 4.69) is 15.6 Å². The maximum Gasteiger partial charge on any atom is 0.407 e. The van der Waals surface area contributed by atoms with Gasteiger partial charge in [-0.2, -0.15) is 0 Å². The summed E-state index contributed by atoms with van der Waals surface area (Å²) in [6.07, 6.45) is 0.596. The van der Waals surface area contributed by atoms with Gasteiger partial charge in [0.05, 0.1) is 6.61 Å². The first-order chi connectivity index (χ1) is 27.2. The van der Waals surface area contributed by atoms with Gasteiger partial charge in [-0.3, -0.25) is 5.32 Å². The molecule has 0 spiro atoms. The van der Waals surface area contributed by atoms with Crippen molar-refractivity contribution >= 4 is 35.8 Å². The Bertz CT molecular complexity index is 1640. The Morgan fingerprint density at radius 1 is 0.655 bits per heavy atom. The molecule has 0 aromatic carbocycles. The number of hydrogen-bond donors (Lipinski definition) is 3. The normalized spacial score (nSPS) is 19.4. The number of amides is 7. The SMILES string of the molecule is CC(C)(C)c1cc(N)no1.CC(C)(C)c1cc(NC(=O)N2CCCN(C(=O)N3CCCOCC3)CC2)no1.O=C(O)N1CCCN(C(=O)N2CCC(F)(F)CC2)CC1. The minimum atomic E-state index is -2.67. The number of halogens is 2. The second kappa shape index (κ2) is 20.2. The van der Waals surface area contributed by atoms with E-state index < -0.39 is 12.0 Å². The van der Waals surface area contributed by atoms with Crippen molar-refractivity contribution in [1.29, 1.82) is 0 Å². The summed E-state index contributed by atoms with van der Waals surface area (Å²) in [4.78, 5) is 58.2. The molecule has 4 N–H and O–H groups in total. The Balaban J connectivity index is 0.000000215. The van der Waals surface area contributed by atoms with Crippen molar-refractivity contribution in [3.05, 3.63) is 23.7 Å². The van der Waals surface area contributed by atoms with E-state index >= 15 is 0 Å². The average Bonchev–Trinajstić information content (AvgIpc) is 3.51. The monoisotopic (exact) mass is 824 g/mol. The fourth-order valence-corrected chi connectivity index (χ4v) is 6.49. The average molecular weight is 825 g/mol. The van der Waals surface area contributed by atoms with Gasteiger partial charge in [0.25, 0.3) is 5.92 Å². The lowest BCUT2D eigenvalue weighted by Crippen LogP contribution is -2.49. The number of rotatable bonds is 1. The Morgan fingerprint density at radius 2 is 1.12 bits per heavy atom. The van der Waals surface area contributed by atoms with Crippen LogP contribution in [0, 0.1) is 0 Å².